The summed E-state index contributed by atoms with van der Waals surface area (Å²) in [6.07, 6.45) is 4.62. The van der Waals surface area contributed by atoms with Gasteiger partial charge in [0.15, 0.2) is 0 Å². The summed E-state index contributed by atoms with van der Waals surface area (Å²) in [6.45, 7) is 5.89. The molecule has 2 aliphatic rings. The third-order valence-electron chi connectivity index (χ3n) is 5.07. The Morgan fingerprint density at radius 3 is 2.48 bits per heavy atom. The van der Waals surface area contributed by atoms with Crippen LogP contribution in [0.4, 0.5) is 0 Å². The first kappa shape index (κ1) is 17.8. The van der Waals surface area contributed by atoms with Gasteiger partial charge in [-0.15, -0.1) is 0 Å². The van der Waals surface area contributed by atoms with Crippen LogP contribution in [-0.2, 0) is 4.79 Å². The van der Waals surface area contributed by atoms with E-state index >= 15 is 0 Å². The highest BCUT2D eigenvalue weighted by molar-refractivity contribution is 5.95. The second-order valence-corrected chi connectivity index (χ2v) is 7.98. The lowest BCUT2D eigenvalue weighted by atomic mass is 9.90. The van der Waals surface area contributed by atoms with E-state index < -0.39 is 5.54 Å². The number of carbonyl (C=O) groups excluding carboxylic acids is 2. The largest absolute Gasteiger partial charge is 0.491 e. The Morgan fingerprint density at radius 1 is 1.28 bits per heavy atom. The molecule has 5 heteroatoms. The number of hydrogen-bond acceptors (Lipinski definition) is 3. The summed E-state index contributed by atoms with van der Waals surface area (Å²) >= 11 is 0. The van der Waals surface area contributed by atoms with Crippen LogP contribution in [-0.4, -0.2) is 23.5 Å². The lowest BCUT2D eigenvalue weighted by molar-refractivity contribution is -0.119. The number of benzene rings is 1. The predicted octanol–water partition coefficient (Wildman–Crippen LogP) is 3.13. The number of nitrogens with one attached hydrogen (secondary N) is 1. The second kappa shape index (κ2) is 6.70. The minimum atomic E-state index is -0.572. The zero-order valence-electron chi connectivity index (χ0n) is 15.3. The first-order valence-electron chi connectivity index (χ1n) is 9.20. The van der Waals surface area contributed by atoms with Gasteiger partial charge in [-0.3, -0.25) is 9.59 Å². The van der Waals surface area contributed by atoms with Crippen LogP contribution in [0.3, 0.4) is 0 Å². The number of carbonyl (C=O) groups is 2. The zero-order chi connectivity index (χ0) is 18.2. The van der Waals surface area contributed by atoms with Crippen molar-refractivity contribution in [2.75, 3.05) is 0 Å². The quantitative estimate of drug-likeness (QED) is 0.760. The summed E-state index contributed by atoms with van der Waals surface area (Å²) in [5.74, 6) is 1.11. The normalized spacial score (nSPS) is 19.4. The van der Waals surface area contributed by atoms with Gasteiger partial charge in [-0.25, -0.2) is 0 Å². The van der Waals surface area contributed by atoms with Crippen molar-refractivity contribution < 1.29 is 14.3 Å². The maximum absolute atomic E-state index is 12.8. The summed E-state index contributed by atoms with van der Waals surface area (Å²) < 4.78 is 5.94. The van der Waals surface area contributed by atoms with Gasteiger partial charge in [0, 0.05) is 17.5 Å². The fraction of sp³-hybridized carbons (Fsp3) is 0.600. The molecule has 2 fully saturated rings. The van der Waals surface area contributed by atoms with Crippen molar-refractivity contribution in [1.82, 2.24) is 5.32 Å². The molecule has 2 saturated carbocycles. The highest BCUT2D eigenvalue weighted by Gasteiger charge is 2.43. The monoisotopic (exact) mass is 344 g/mol. The summed E-state index contributed by atoms with van der Waals surface area (Å²) in [4.78, 5) is 24.2. The van der Waals surface area contributed by atoms with E-state index in [0.717, 1.165) is 18.6 Å². The molecular weight excluding hydrogens is 316 g/mol. The van der Waals surface area contributed by atoms with Crippen molar-refractivity contribution in [2.24, 2.45) is 11.7 Å². The third-order valence-corrected chi connectivity index (χ3v) is 5.07. The highest BCUT2D eigenvalue weighted by Crippen LogP contribution is 2.45. The molecule has 2 amide bonds. The van der Waals surface area contributed by atoms with E-state index in [0.29, 0.717) is 17.4 Å². The number of primary amides is 1. The van der Waals surface area contributed by atoms with E-state index in [4.69, 9.17) is 10.5 Å². The average molecular weight is 344 g/mol. The molecule has 1 unspecified atom stereocenters. The van der Waals surface area contributed by atoms with Crippen molar-refractivity contribution in [1.29, 1.82) is 0 Å². The Balaban J connectivity index is 1.80. The van der Waals surface area contributed by atoms with Crippen LogP contribution in [0.15, 0.2) is 18.2 Å². The maximum atomic E-state index is 12.8. The molecule has 3 rings (SSSR count). The van der Waals surface area contributed by atoms with Gasteiger partial charge in [-0.05, 0) is 76.0 Å². The predicted molar refractivity (Wildman–Crippen MR) is 96.6 cm³/mol. The average Bonchev–Trinajstić information content (AvgIpc) is 3.37. The molecule has 0 aliphatic heterocycles. The maximum Gasteiger partial charge on any atom is 0.251 e. The van der Waals surface area contributed by atoms with E-state index in [-0.39, 0.29) is 24.3 Å². The van der Waals surface area contributed by atoms with Gasteiger partial charge in [0.1, 0.15) is 5.75 Å². The minimum Gasteiger partial charge on any atom is -0.491 e. The lowest BCUT2D eigenvalue weighted by Crippen LogP contribution is -2.50. The Labute approximate surface area is 149 Å². The van der Waals surface area contributed by atoms with Gasteiger partial charge >= 0.3 is 0 Å². The summed E-state index contributed by atoms with van der Waals surface area (Å²) in [5.41, 5.74) is 6.57. The number of amides is 2. The Bertz CT molecular complexity index is 678. The van der Waals surface area contributed by atoms with Crippen molar-refractivity contribution in [3.8, 4) is 5.75 Å². The molecule has 136 valence electrons. The second-order valence-electron chi connectivity index (χ2n) is 7.98. The van der Waals surface area contributed by atoms with Crippen LogP contribution in [0.5, 0.6) is 5.75 Å². The van der Waals surface area contributed by atoms with Gasteiger partial charge in [-0.1, -0.05) is 6.07 Å². The van der Waals surface area contributed by atoms with Crippen molar-refractivity contribution in [3.05, 3.63) is 29.3 Å². The molecule has 1 atom stereocenters. The number of ether oxygens (including phenoxy) is 1. The molecule has 0 spiro atoms. The van der Waals surface area contributed by atoms with Crippen LogP contribution >= 0.6 is 0 Å². The third kappa shape index (κ3) is 4.33. The van der Waals surface area contributed by atoms with Gasteiger partial charge in [0.25, 0.3) is 5.91 Å². The smallest absolute Gasteiger partial charge is 0.251 e. The molecule has 5 nitrogen and oxygen atoms in total. The Morgan fingerprint density at radius 2 is 1.96 bits per heavy atom. The molecule has 1 aromatic carbocycles. The molecular formula is C20H28N2O3. The van der Waals surface area contributed by atoms with Gasteiger partial charge in [-0.2, -0.15) is 0 Å². The number of rotatable bonds is 8. The van der Waals surface area contributed by atoms with Crippen molar-refractivity contribution in [2.45, 2.75) is 70.4 Å². The van der Waals surface area contributed by atoms with Gasteiger partial charge in [0.05, 0.1) is 6.10 Å². The number of hydrogen-bond donors (Lipinski definition) is 2. The Kier molecular flexibility index (Phi) is 4.76. The van der Waals surface area contributed by atoms with E-state index in [1.807, 2.05) is 39.0 Å². The zero-order valence-corrected chi connectivity index (χ0v) is 15.3. The highest BCUT2D eigenvalue weighted by atomic mass is 16.5. The Hall–Kier alpha value is -2.04. The van der Waals surface area contributed by atoms with E-state index in [9.17, 15) is 9.59 Å². The lowest BCUT2D eigenvalue weighted by Gasteiger charge is -2.30. The molecule has 1 aromatic rings. The van der Waals surface area contributed by atoms with E-state index in [1.54, 1.807) is 0 Å². The molecule has 0 bridgehead atoms. The van der Waals surface area contributed by atoms with Crippen LogP contribution in [0.1, 0.15) is 74.7 Å². The summed E-state index contributed by atoms with van der Waals surface area (Å²) in [7, 11) is 0. The summed E-state index contributed by atoms with van der Waals surface area (Å²) in [6, 6.07) is 5.70. The SMILES string of the molecule is CC(C)Oc1cc(C(=O)NC(C)(CC(N)=O)C2CC2)ccc1C1CC1. The molecule has 0 radical (unpaired) electrons. The first-order chi connectivity index (χ1) is 11.8. The van der Waals surface area contributed by atoms with Crippen LogP contribution in [0.25, 0.3) is 0 Å². The first-order valence-corrected chi connectivity index (χ1v) is 9.20. The van der Waals surface area contributed by atoms with Crippen LogP contribution < -0.4 is 15.8 Å². The molecule has 0 aromatic heterocycles. The van der Waals surface area contributed by atoms with Crippen molar-refractivity contribution in [3.63, 3.8) is 0 Å². The molecule has 3 N–H and O–H groups in total. The fourth-order valence-electron chi connectivity index (χ4n) is 3.47. The minimum absolute atomic E-state index is 0.0578. The van der Waals surface area contributed by atoms with E-state index in [1.165, 1.54) is 18.4 Å². The van der Waals surface area contributed by atoms with Crippen molar-refractivity contribution >= 4 is 11.8 Å². The number of nitrogens with two attached hydrogens (primary N) is 1. The van der Waals surface area contributed by atoms with E-state index in [2.05, 4.69) is 5.32 Å². The fourth-order valence-corrected chi connectivity index (χ4v) is 3.47. The molecule has 0 heterocycles. The van der Waals surface area contributed by atoms with Gasteiger partial charge in [0.2, 0.25) is 5.91 Å². The van der Waals surface area contributed by atoms with Crippen LogP contribution in [0.2, 0.25) is 0 Å². The van der Waals surface area contributed by atoms with Gasteiger partial charge < -0.3 is 15.8 Å². The summed E-state index contributed by atoms with van der Waals surface area (Å²) in [5, 5.41) is 3.05. The van der Waals surface area contributed by atoms with Crippen LogP contribution in [0, 0.1) is 5.92 Å². The molecule has 0 saturated heterocycles. The standard InChI is InChI=1S/C20H28N2O3/c1-12(2)25-17-10-14(6-9-16(17)13-4-5-13)19(24)22-20(3,11-18(21)23)15-7-8-15/h6,9-10,12-13,15H,4-5,7-8,11H2,1-3H3,(H2,21,23)(H,22,24). The molecule has 25 heavy (non-hydrogen) atoms. The topological polar surface area (TPSA) is 81.4 Å². The molecule has 2 aliphatic carbocycles.